The third kappa shape index (κ3) is 4.39. The Kier molecular flexibility index (Phi) is 5.72. The molecule has 1 saturated heterocycles. The summed E-state index contributed by atoms with van der Waals surface area (Å²) in [7, 11) is 3.54. The van der Waals surface area contributed by atoms with E-state index < -0.39 is 0 Å². The van der Waals surface area contributed by atoms with Crippen LogP contribution in [0.1, 0.15) is 18.7 Å². The van der Waals surface area contributed by atoms with Gasteiger partial charge in [-0.05, 0) is 49.3 Å². The molecule has 0 amide bonds. The monoisotopic (exact) mass is 365 g/mol. The van der Waals surface area contributed by atoms with E-state index in [0.29, 0.717) is 18.0 Å². The molecule has 0 radical (unpaired) electrons. The molecule has 1 unspecified atom stereocenters. The number of nitrogens with zero attached hydrogens (tertiary/aromatic N) is 3. The van der Waals surface area contributed by atoms with Gasteiger partial charge in [-0.2, -0.15) is 4.68 Å². The molecule has 25 heavy (non-hydrogen) atoms. The maximum atomic E-state index is 9.82. The van der Waals surface area contributed by atoms with Crippen LogP contribution in [-0.2, 0) is 20.3 Å². The van der Waals surface area contributed by atoms with Gasteiger partial charge >= 0.3 is 0 Å². The van der Waals surface area contributed by atoms with Crippen molar-refractivity contribution < 1.29 is 19.5 Å². The lowest BCUT2D eigenvalue weighted by Gasteiger charge is -2.26. The molecule has 0 aliphatic carbocycles. The van der Waals surface area contributed by atoms with Crippen molar-refractivity contribution in [2.24, 2.45) is 7.05 Å². The first kappa shape index (κ1) is 17.9. The van der Waals surface area contributed by atoms with E-state index in [4.69, 9.17) is 21.7 Å². The number of nitrogens with one attached hydrogen (secondary N) is 1. The number of aliphatic hydroxyl groups is 1. The molecule has 0 saturated carbocycles. The Labute approximate surface area is 152 Å². The highest BCUT2D eigenvalue weighted by atomic mass is 32.1. The molecule has 7 nitrogen and oxygen atoms in total. The number of rotatable bonds is 6. The SMILES string of the molecule is COc1ccc(OCc2nn(C[NH+]3CCC[C@H](O)C3)c(=S)n2C)cc1. The van der Waals surface area contributed by atoms with Gasteiger partial charge < -0.3 is 24.0 Å². The van der Waals surface area contributed by atoms with Gasteiger partial charge in [-0.15, -0.1) is 5.10 Å². The molecule has 2 atom stereocenters. The maximum Gasteiger partial charge on any atom is 0.202 e. The summed E-state index contributed by atoms with van der Waals surface area (Å²) in [5, 5.41) is 14.4. The van der Waals surface area contributed by atoms with E-state index >= 15 is 0 Å². The number of hydrogen-bond donors (Lipinski definition) is 2. The highest BCUT2D eigenvalue weighted by Gasteiger charge is 2.22. The van der Waals surface area contributed by atoms with Crippen LogP contribution in [0.2, 0.25) is 0 Å². The van der Waals surface area contributed by atoms with Crippen molar-refractivity contribution in [2.75, 3.05) is 20.2 Å². The van der Waals surface area contributed by atoms with Gasteiger partial charge in [-0.25, -0.2) is 0 Å². The van der Waals surface area contributed by atoms with E-state index in [1.807, 2.05) is 40.6 Å². The van der Waals surface area contributed by atoms with Crippen LogP contribution in [0.5, 0.6) is 11.5 Å². The fourth-order valence-electron chi connectivity index (χ4n) is 3.06. The Morgan fingerprint density at radius 2 is 2.04 bits per heavy atom. The molecule has 8 heteroatoms. The van der Waals surface area contributed by atoms with Gasteiger partial charge in [0.15, 0.2) is 12.5 Å². The van der Waals surface area contributed by atoms with Crippen molar-refractivity contribution in [2.45, 2.75) is 32.2 Å². The summed E-state index contributed by atoms with van der Waals surface area (Å²) in [6.45, 7) is 2.80. The topological polar surface area (TPSA) is 65.9 Å². The zero-order valence-corrected chi connectivity index (χ0v) is 15.5. The zero-order valence-electron chi connectivity index (χ0n) is 14.6. The van der Waals surface area contributed by atoms with Crippen LogP contribution >= 0.6 is 12.2 Å². The first-order valence-corrected chi connectivity index (χ1v) is 8.89. The smallest absolute Gasteiger partial charge is 0.202 e. The van der Waals surface area contributed by atoms with Crippen LogP contribution < -0.4 is 14.4 Å². The van der Waals surface area contributed by atoms with Crippen molar-refractivity contribution in [1.29, 1.82) is 0 Å². The molecule has 1 aliphatic rings. The van der Waals surface area contributed by atoms with Gasteiger partial charge in [0.25, 0.3) is 0 Å². The molecule has 2 N–H and O–H groups in total. The second-order valence-corrected chi connectivity index (χ2v) is 6.74. The molecule has 1 aromatic heterocycles. The van der Waals surface area contributed by atoms with Crippen molar-refractivity contribution in [3.05, 3.63) is 34.9 Å². The number of piperidine rings is 1. The van der Waals surface area contributed by atoms with E-state index in [2.05, 4.69) is 5.10 Å². The fraction of sp³-hybridized carbons (Fsp3) is 0.529. The second-order valence-electron chi connectivity index (χ2n) is 6.38. The molecular formula is C17H25N4O3S+. The van der Waals surface area contributed by atoms with Crippen molar-refractivity contribution >= 4 is 12.2 Å². The van der Waals surface area contributed by atoms with E-state index in [1.165, 1.54) is 4.90 Å². The lowest BCUT2D eigenvalue weighted by Crippen LogP contribution is -3.13. The second kappa shape index (κ2) is 7.99. The highest BCUT2D eigenvalue weighted by Crippen LogP contribution is 2.18. The van der Waals surface area contributed by atoms with E-state index in [0.717, 1.165) is 43.3 Å². The number of hydrogen-bond acceptors (Lipinski definition) is 5. The van der Waals surface area contributed by atoms with Gasteiger partial charge in [-0.3, -0.25) is 0 Å². The summed E-state index contributed by atoms with van der Waals surface area (Å²) >= 11 is 5.49. The Morgan fingerprint density at radius 3 is 2.72 bits per heavy atom. The standard InChI is InChI=1S/C17H24N4O3S/c1-19-16(11-24-15-7-5-14(23-2)6-8-15)18-21(17(19)25)12-20-9-3-4-13(22)10-20/h5-8,13,22H,3-4,9-12H2,1-2H3/p+1/t13-/m0/s1. The molecule has 136 valence electrons. The average Bonchev–Trinajstić information content (AvgIpc) is 2.88. The van der Waals surface area contributed by atoms with Crippen LogP contribution in [0.3, 0.4) is 0 Å². The molecule has 2 aromatic rings. The normalized spacial score (nSPS) is 20.4. The van der Waals surface area contributed by atoms with E-state index in [1.54, 1.807) is 7.11 Å². The lowest BCUT2D eigenvalue weighted by atomic mass is 10.1. The number of quaternary nitrogens is 1. The minimum Gasteiger partial charge on any atom is -0.497 e. The molecule has 0 bridgehead atoms. The Bertz CT molecular complexity index is 756. The van der Waals surface area contributed by atoms with Crippen LogP contribution in [0.4, 0.5) is 0 Å². The van der Waals surface area contributed by atoms with Gasteiger partial charge in [-0.1, -0.05) is 0 Å². The summed E-state index contributed by atoms with van der Waals surface area (Å²) in [6, 6.07) is 7.45. The summed E-state index contributed by atoms with van der Waals surface area (Å²) in [5.41, 5.74) is 0. The molecular weight excluding hydrogens is 340 g/mol. The Morgan fingerprint density at radius 1 is 1.32 bits per heavy atom. The fourth-order valence-corrected chi connectivity index (χ4v) is 3.27. The number of benzene rings is 1. The number of methoxy groups -OCH3 is 1. The Balaban J connectivity index is 1.64. The minimum atomic E-state index is -0.223. The van der Waals surface area contributed by atoms with E-state index in [-0.39, 0.29) is 6.10 Å². The molecule has 1 aliphatic heterocycles. The van der Waals surface area contributed by atoms with Crippen LogP contribution in [0.15, 0.2) is 24.3 Å². The molecule has 1 fully saturated rings. The molecule has 2 heterocycles. The van der Waals surface area contributed by atoms with Crippen molar-refractivity contribution in [1.82, 2.24) is 14.3 Å². The average molecular weight is 365 g/mol. The van der Waals surface area contributed by atoms with Crippen LogP contribution in [-0.4, -0.2) is 45.8 Å². The van der Waals surface area contributed by atoms with Gasteiger partial charge in [0.1, 0.15) is 30.8 Å². The maximum absolute atomic E-state index is 9.82. The van der Waals surface area contributed by atoms with Gasteiger partial charge in [0, 0.05) is 7.05 Å². The van der Waals surface area contributed by atoms with E-state index in [9.17, 15) is 5.11 Å². The van der Waals surface area contributed by atoms with Crippen LogP contribution in [0.25, 0.3) is 0 Å². The predicted molar refractivity (Wildman–Crippen MR) is 95.3 cm³/mol. The number of aromatic nitrogens is 3. The largest absolute Gasteiger partial charge is 0.497 e. The first-order valence-electron chi connectivity index (χ1n) is 8.48. The summed E-state index contributed by atoms with van der Waals surface area (Å²) in [5.74, 6) is 2.32. The summed E-state index contributed by atoms with van der Waals surface area (Å²) < 4.78 is 15.3. The van der Waals surface area contributed by atoms with Crippen molar-refractivity contribution in [3.63, 3.8) is 0 Å². The molecule has 0 spiro atoms. The lowest BCUT2D eigenvalue weighted by molar-refractivity contribution is -0.931. The number of likely N-dealkylation sites (tertiary alicyclic amines) is 1. The zero-order chi connectivity index (χ0) is 17.8. The quantitative estimate of drug-likeness (QED) is 0.732. The van der Waals surface area contributed by atoms with Gasteiger partial charge in [0.05, 0.1) is 13.7 Å². The highest BCUT2D eigenvalue weighted by molar-refractivity contribution is 7.71. The first-order chi connectivity index (χ1) is 12.1. The summed E-state index contributed by atoms with van der Waals surface area (Å²) in [6.07, 6.45) is 1.70. The third-order valence-corrected chi connectivity index (χ3v) is 5.01. The molecule has 1 aromatic carbocycles. The Hall–Kier alpha value is -1.90. The number of aliphatic hydroxyl groups excluding tert-OH is 1. The van der Waals surface area contributed by atoms with Gasteiger partial charge in [0.2, 0.25) is 4.77 Å². The number of ether oxygens (including phenoxy) is 2. The predicted octanol–water partition coefficient (Wildman–Crippen LogP) is 0.536. The van der Waals surface area contributed by atoms with Crippen molar-refractivity contribution in [3.8, 4) is 11.5 Å². The summed E-state index contributed by atoms with van der Waals surface area (Å²) in [4.78, 5) is 1.30. The third-order valence-electron chi connectivity index (χ3n) is 4.52. The minimum absolute atomic E-state index is 0.223. The van der Waals surface area contributed by atoms with Crippen LogP contribution in [0, 0.1) is 4.77 Å². The molecule has 3 rings (SSSR count).